The smallest absolute Gasteiger partial charge is 0.159 e. The average molecular weight is 307 g/mol. The molecule has 2 aliphatic heterocycles. The monoisotopic (exact) mass is 307 g/mol. The van der Waals surface area contributed by atoms with Gasteiger partial charge in [0.2, 0.25) is 0 Å². The van der Waals surface area contributed by atoms with Gasteiger partial charge in [0.05, 0.1) is 12.1 Å². The lowest BCUT2D eigenvalue weighted by atomic mass is 9.77. The first-order valence-corrected chi connectivity index (χ1v) is 8.32. The number of fused-ring (bicyclic) bond motifs is 3. The van der Waals surface area contributed by atoms with Crippen molar-refractivity contribution in [1.29, 1.82) is 0 Å². The van der Waals surface area contributed by atoms with Crippen molar-refractivity contribution in [2.24, 2.45) is 5.92 Å². The molecule has 0 aliphatic carbocycles. The molecule has 0 spiro atoms. The lowest BCUT2D eigenvalue weighted by Gasteiger charge is -2.43. The molecule has 118 valence electrons. The second kappa shape index (κ2) is 5.82. The SMILES string of the molecule is CC(=O)c1ccc2c(c1)C1OCCCC1[C@H](c1ccccc1)N2. The van der Waals surface area contributed by atoms with E-state index < -0.39 is 0 Å². The minimum Gasteiger partial charge on any atom is -0.378 e. The van der Waals surface area contributed by atoms with Gasteiger partial charge >= 0.3 is 0 Å². The maximum Gasteiger partial charge on any atom is 0.159 e. The van der Waals surface area contributed by atoms with Crippen molar-refractivity contribution in [2.75, 3.05) is 11.9 Å². The van der Waals surface area contributed by atoms with Crippen LogP contribution in [0.4, 0.5) is 5.69 Å². The molecule has 0 bridgehead atoms. The summed E-state index contributed by atoms with van der Waals surface area (Å²) in [4.78, 5) is 11.7. The van der Waals surface area contributed by atoms with Gasteiger partial charge in [0.1, 0.15) is 0 Å². The molecular formula is C20H21NO2. The number of rotatable bonds is 2. The molecule has 3 nitrogen and oxygen atoms in total. The minimum absolute atomic E-state index is 0.0736. The summed E-state index contributed by atoms with van der Waals surface area (Å²) in [5.41, 5.74) is 4.28. The molecule has 4 rings (SSSR count). The van der Waals surface area contributed by atoms with Crippen LogP contribution in [0.1, 0.15) is 53.4 Å². The van der Waals surface area contributed by atoms with Crippen LogP contribution in [-0.2, 0) is 4.74 Å². The van der Waals surface area contributed by atoms with Crippen molar-refractivity contribution < 1.29 is 9.53 Å². The molecule has 2 heterocycles. The molecule has 0 saturated carbocycles. The molecule has 0 aromatic heterocycles. The molecule has 23 heavy (non-hydrogen) atoms. The number of benzene rings is 2. The minimum atomic E-state index is 0.0736. The molecule has 3 atom stereocenters. The van der Waals surface area contributed by atoms with E-state index in [1.165, 1.54) is 5.56 Å². The normalized spacial score (nSPS) is 25.9. The molecule has 0 amide bonds. The van der Waals surface area contributed by atoms with Gasteiger partial charge in [-0.3, -0.25) is 4.79 Å². The topological polar surface area (TPSA) is 38.3 Å². The highest BCUT2D eigenvalue weighted by Crippen LogP contribution is 2.49. The Balaban J connectivity index is 1.78. The quantitative estimate of drug-likeness (QED) is 0.829. The first-order valence-electron chi connectivity index (χ1n) is 8.32. The van der Waals surface area contributed by atoms with Crippen molar-refractivity contribution in [3.63, 3.8) is 0 Å². The molecule has 1 saturated heterocycles. The maximum absolute atomic E-state index is 11.7. The second-order valence-electron chi connectivity index (χ2n) is 6.49. The fourth-order valence-corrected chi connectivity index (χ4v) is 3.88. The number of carbonyl (C=O) groups excluding carboxylic acids is 1. The first-order chi connectivity index (χ1) is 11.2. The van der Waals surface area contributed by atoms with E-state index in [0.717, 1.165) is 36.3 Å². The Morgan fingerprint density at radius 1 is 1.17 bits per heavy atom. The van der Waals surface area contributed by atoms with E-state index in [-0.39, 0.29) is 17.9 Å². The predicted octanol–water partition coefficient (Wildman–Crippen LogP) is 4.52. The number of ether oxygens (including phenoxy) is 1. The van der Waals surface area contributed by atoms with Crippen molar-refractivity contribution in [3.8, 4) is 0 Å². The van der Waals surface area contributed by atoms with Gasteiger partial charge in [-0.25, -0.2) is 0 Å². The molecule has 0 radical (unpaired) electrons. The van der Waals surface area contributed by atoms with Gasteiger partial charge in [-0.15, -0.1) is 0 Å². The molecule has 2 aromatic rings. The lowest BCUT2D eigenvalue weighted by molar-refractivity contribution is -0.0381. The molecule has 2 aromatic carbocycles. The number of carbonyl (C=O) groups is 1. The molecule has 2 aliphatic rings. The van der Waals surface area contributed by atoms with E-state index >= 15 is 0 Å². The van der Waals surface area contributed by atoms with Crippen LogP contribution in [0.25, 0.3) is 0 Å². The first kappa shape index (κ1) is 14.5. The summed E-state index contributed by atoms with van der Waals surface area (Å²) in [6.07, 6.45) is 2.30. The van der Waals surface area contributed by atoms with Crippen LogP contribution >= 0.6 is 0 Å². The Bertz CT molecular complexity index is 726. The summed E-state index contributed by atoms with van der Waals surface area (Å²) in [7, 11) is 0. The Kier molecular flexibility index (Phi) is 3.66. The summed E-state index contributed by atoms with van der Waals surface area (Å²) in [6, 6.07) is 16.8. The van der Waals surface area contributed by atoms with Crippen LogP contribution in [-0.4, -0.2) is 12.4 Å². The van der Waals surface area contributed by atoms with Crippen molar-refractivity contribution in [3.05, 3.63) is 65.2 Å². The molecule has 2 unspecified atom stereocenters. The number of hydrogen-bond donors (Lipinski definition) is 1. The van der Waals surface area contributed by atoms with Gasteiger partial charge in [-0.2, -0.15) is 0 Å². The molecule has 3 heteroatoms. The van der Waals surface area contributed by atoms with Crippen molar-refractivity contribution in [2.45, 2.75) is 31.9 Å². The van der Waals surface area contributed by atoms with Gasteiger partial charge in [-0.05, 0) is 43.5 Å². The van der Waals surface area contributed by atoms with Crippen molar-refractivity contribution >= 4 is 11.5 Å². The Morgan fingerprint density at radius 2 is 2.00 bits per heavy atom. The highest BCUT2D eigenvalue weighted by atomic mass is 16.5. The largest absolute Gasteiger partial charge is 0.378 e. The standard InChI is InChI=1S/C20H21NO2/c1-13(22)15-9-10-18-17(12-15)20-16(8-5-11-23-20)19(21-18)14-6-3-2-4-7-14/h2-4,6-7,9-10,12,16,19-21H,5,8,11H2,1H3/t16?,19-,20?/m0/s1. The summed E-state index contributed by atoms with van der Waals surface area (Å²) in [5, 5.41) is 3.69. The van der Waals surface area contributed by atoms with Gasteiger partial charge in [0, 0.05) is 29.3 Å². The fraction of sp³-hybridized carbons (Fsp3) is 0.350. The van der Waals surface area contributed by atoms with Crippen LogP contribution in [0.3, 0.4) is 0 Å². The van der Waals surface area contributed by atoms with Crippen LogP contribution in [0.2, 0.25) is 0 Å². The number of hydrogen-bond acceptors (Lipinski definition) is 3. The zero-order valence-electron chi connectivity index (χ0n) is 13.3. The maximum atomic E-state index is 11.7. The van der Waals surface area contributed by atoms with E-state index in [1.807, 2.05) is 24.3 Å². The van der Waals surface area contributed by atoms with Crippen molar-refractivity contribution in [1.82, 2.24) is 0 Å². The number of Topliss-reactive ketones (excluding diaryl/α,β-unsaturated/α-hetero) is 1. The lowest BCUT2D eigenvalue weighted by Crippen LogP contribution is -2.36. The van der Waals surface area contributed by atoms with Crippen LogP contribution in [0.15, 0.2) is 48.5 Å². The summed E-state index contributed by atoms with van der Waals surface area (Å²) < 4.78 is 6.14. The molecule has 1 fully saturated rings. The second-order valence-corrected chi connectivity index (χ2v) is 6.49. The molecular weight excluding hydrogens is 286 g/mol. The predicted molar refractivity (Wildman–Crippen MR) is 90.7 cm³/mol. The van der Waals surface area contributed by atoms with E-state index in [1.54, 1.807) is 6.92 Å². The van der Waals surface area contributed by atoms with E-state index in [0.29, 0.717) is 5.92 Å². The van der Waals surface area contributed by atoms with E-state index in [9.17, 15) is 4.79 Å². The van der Waals surface area contributed by atoms with E-state index in [4.69, 9.17) is 4.74 Å². The third-order valence-corrected chi connectivity index (χ3v) is 5.03. The Labute approximate surface area is 136 Å². The zero-order valence-corrected chi connectivity index (χ0v) is 13.3. The highest BCUT2D eigenvalue weighted by Gasteiger charge is 2.39. The summed E-state index contributed by atoms with van der Waals surface area (Å²) in [6.45, 7) is 2.41. The van der Waals surface area contributed by atoms with Gasteiger partial charge in [0.15, 0.2) is 5.78 Å². The van der Waals surface area contributed by atoms with Gasteiger partial charge < -0.3 is 10.1 Å². The van der Waals surface area contributed by atoms with E-state index in [2.05, 4.69) is 29.6 Å². The fourth-order valence-electron chi connectivity index (χ4n) is 3.88. The average Bonchev–Trinajstić information content (AvgIpc) is 2.61. The van der Waals surface area contributed by atoms with Gasteiger partial charge in [-0.1, -0.05) is 30.3 Å². The van der Waals surface area contributed by atoms with Crippen LogP contribution in [0.5, 0.6) is 0 Å². The zero-order chi connectivity index (χ0) is 15.8. The number of anilines is 1. The third kappa shape index (κ3) is 2.55. The summed E-state index contributed by atoms with van der Waals surface area (Å²) in [5.74, 6) is 0.506. The highest BCUT2D eigenvalue weighted by molar-refractivity contribution is 5.94. The summed E-state index contributed by atoms with van der Waals surface area (Å²) >= 11 is 0. The number of nitrogens with one attached hydrogen (secondary N) is 1. The van der Waals surface area contributed by atoms with Crippen LogP contribution in [0, 0.1) is 5.92 Å². The Morgan fingerprint density at radius 3 is 2.78 bits per heavy atom. The third-order valence-electron chi connectivity index (χ3n) is 5.03. The number of ketones is 1. The molecule has 1 N–H and O–H groups in total. The van der Waals surface area contributed by atoms with Crippen LogP contribution < -0.4 is 5.32 Å². The van der Waals surface area contributed by atoms with Gasteiger partial charge in [0.25, 0.3) is 0 Å². The Hall–Kier alpha value is -2.13.